The lowest BCUT2D eigenvalue weighted by atomic mass is 9.42. The smallest absolute Gasteiger partial charge is 0.331 e. The lowest BCUT2D eigenvalue weighted by Gasteiger charge is -2.64. The molecule has 0 bridgehead atoms. The highest BCUT2D eigenvalue weighted by molar-refractivity contribution is 5.85. The van der Waals surface area contributed by atoms with Gasteiger partial charge in [0.2, 0.25) is 0 Å². The Morgan fingerprint density at radius 3 is 2.30 bits per heavy atom. The van der Waals surface area contributed by atoms with Crippen molar-refractivity contribution in [3.8, 4) is 0 Å². The predicted octanol–water partition coefficient (Wildman–Crippen LogP) is -0.0948. The SMILES string of the molecule is COC1C(O)C(C)OC(OC2CC(O)C3(C)C(CCC4C3CCC3(C)C(C5=CC(=O)OC5)CCC43O)C2)C1OC1OC(CO)C(O)C(O)C1O. The van der Waals surface area contributed by atoms with Crippen LogP contribution in [0.2, 0.25) is 0 Å². The molecule has 0 aromatic carbocycles. The van der Waals surface area contributed by atoms with Crippen LogP contribution in [0.25, 0.3) is 0 Å². The quantitative estimate of drug-likeness (QED) is 0.136. The van der Waals surface area contributed by atoms with Crippen molar-refractivity contribution < 1.29 is 69.0 Å². The summed E-state index contributed by atoms with van der Waals surface area (Å²) in [7, 11) is 1.40. The monoisotopic (exact) mass is 712 g/mol. The number of aliphatic hydroxyl groups excluding tert-OH is 6. The fourth-order valence-corrected chi connectivity index (χ4v) is 11.6. The first kappa shape index (κ1) is 37.1. The molecule has 0 aromatic rings. The zero-order valence-corrected chi connectivity index (χ0v) is 29.4. The van der Waals surface area contributed by atoms with Gasteiger partial charge in [0.05, 0.1) is 30.5 Å². The van der Waals surface area contributed by atoms with Crippen LogP contribution in [0.1, 0.15) is 72.1 Å². The molecule has 7 rings (SSSR count). The summed E-state index contributed by atoms with van der Waals surface area (Å²) in [6.45, 7) is 5.69. The fraction of sp³-hybridized carbons (Fsp3) is 0.917. The van der Waals surface area contributed by atoms with Gasteiger partial charge in [0.1, 0.15) is 49.3 Å². The van der Waals surface area contributed by atoms with Gasteiger partial charge in [-0.3, -0.25) is 0 Å². The van der Waals surface area contributed by atoms with E-state index in [2.05, 4.69) is 13.8 Å². The van der Waals surface area contributed by atoms with E-state index in [1.165, 1.54) is 7.11 Å². The Morgan fingerprint density at radius 2 is 1.62 bits per heavy atom. The average Bonchev–Trinajstić information content (AvgIpc) is 3.63. The van der Waals surface area contributed by atoms with Gasteiger partial charge in [-0.15, -0.1) is 0 Å². The molecule has 14 nitrogen and oxygen atoms in total. The molecule has 7 N–H and O–H groups in total. The summed E-state index contributed by atoms with van der Waals surface area (Å²) in [5.41, 5.74) is -0.760. The van der Waals surface area contributed by atoms with Crippen molar-refractivity contribution in [2.24, 2.45) is 34.5 Å². The van der Waals surface area contributed by atoms with E-state index in [9.17, 15) is 40.5 Å². The van der Waals surface area contributed by atoms with Gasteiger partial charge in [0.15, 0.2) is 12.6 Å². The topological polar surface area (TPSA) is 214 Å². The van der Waals surface area contributed by atoms with Gasteiger partial charge < -0.3 is 64.2 Å². The van der Waals surface area contributed by atoms with Crippen molar-refractivity contribution in [3.63, 3.8) is 0 Å². The first-order valence-corrected chi connectivity index (χ1v) is 18.4. The van der Waals surface area contributed by atoms with Crippen LogP contribution in [0, 0.1) is 34.5 Å². The number of methoxy groups -OCH3 is 1. The third-order valence-electron chi connectivity index (χ3n) is 14.5. The number of hydrogen-bond acceptors (Lipinski definition) is 14. The largest absolute Gasteiger partial charge is 0.458 e. The average molecular weight is 713 g/mol. The molecule has 4 aliphatic carbocycles. The van der Waals surface area contributed by atoms with E-state index in [-0.39, 0.29) is 35.1 Å². The molecular formula is C36H56O14. The summed E-state index contributed by atoms with van der Waals surface area (Å²) in [6, 6.07) is 0. The molecule has 0 radical (unpaired) electrons. The Kier molecular flexibility index (Phi) is 10.0. The third kappa shape index (κ3) is 5.63. The van der Waals surface area contributed by atoms with Gasteiger partial charge in [-0.25, -0.2) is 4.79 Å². The van der Waals surface area contributed by atoms with Crippen molar-refractivity contribution in [3.05, 3.63) is 11.6 Å². The molecule has 7 aliphatic rings. The maximum Gasteiger partial charge on any atom is 0.331 e. The Balaban J connectivity index is 1.08. The molecule has 2 saturated heterocycles. The highest BCUT2D eigenvalue weighted by atomic mass is 16.8. The van der Waals surface area contributed by atoms with E-state index < -0.39 is 91.2 Å². The van der Waals surface area contributed by atoms with Crippen molar-refractivity contribution in [1.82, 2.24) is 0 Å². The van der Waals surface area contributed by atoms with Crippen LogP contribution in [-0.4, -0.2) is 141 Å². The number of esters is 1. The minimum atomic E-state index is -1.68. The second-order valence-electron chi connectivity index (χ2n) is 16.6. The Morgan fingerprint density at radius 1 is 0.860 bits per heavy atom. The van der Waals surface area contributed by atoms with E-state index in [0.717, 1.165) is 37.7 Å². The molecule has 50 heavy (non-hydrogen) atoms. The molecule has 19 atom stereocenters. The molecular weight excluding hydrogens is 656 g/mol. The maximum atomic E-state index is 12.6. The summed E-state index contributed by atoms with van der Waals surface area (Å²) in [4.78, 5) is 11.9. The number of aliphatic hydroxyl groups is 7. The lowest BCUT2D eigenvalue weighted by molar-refractivity contribution is -0.373. The van der Waals surface area contributed by atoms with Crippen LogP contribution in [0.4, 0.5) is 0 Å². The lowest BCUT2D eigenvalue weighted by Crippen LogP contribution is -2.66. The number of ether oxygens (including phenoxy) is 6. The van der Waals surface area contributed by atoms with Crippen LogP contribution in [0.3, 0.4) is 0 Å². The molecule has 3 aliphatic heterocycles. The molecule has 0 aromatic heterocycles. The number of fused-ring (bicyclic) bond motifs is 5. The zero-order chi connectivity index (χ0) is 35.9. The van der Waals surface area contributed by atoms with E-state index in [4.69, 9.17) is 28.4 Å². The summed E-state index contributed by atoms with van der Waals surface area (Å²) in [6.07, 6.45) is -6.62. The van der Waals surface area contributed by atoms with Crippen molar-refractivity contribution in [2.45, 2.75) is 151 Å². The first-order chi connectivity index (χ1) is 23.7. The van der Waals surface area contributed by atoms with E-state index in [1.807, 2.05) is 0 Å². The predicted molar refractivity (Wildman–Crippen MR) is 172 cm³/mol. The maximum absolute atomic E-state index is 12.6. The van der Waals surface area contributed by atoms with E-state index >= 15 is 0 Å². The molecule has 0 amide bonds. The summed E-state index contributed by atoms with van der Waals surface area (Å²) in [5.74, 6) is -0.00539. The Labute approximate surface area is 292 Å². The number of carbonyl (C=O) groups is 1. The minimum Gasteiger partial charge on any atom is -0.458 e. The van der Waals surface area contributed by atoms with Crippen LogP contribution in [0.15, 0.2) is 11.6 Å². The third-order valence-corrected chi connectivity index (χ3v) is 14.5. The fourth-order valence-electron chi connectivity index (χ4n) is 11.6. The zero-order valence-electron chi connectivity index (χ0n) is 29.4. The van der Waals surface area contributed by atoms with Crippen molar-refractivity contribution >= 4 is 5.97 Å². The van der Waals surface area contributed by atoms with Crippen LogP contribution < -0.4 is 0 Å². The normalized spacial score (nSPS) is 55.1. The summed E-state index contributed by atoms with van der Waals surface area (Å²) >= 11 is 0. The van der Waals surface area contributed by atoms with Crippen LogP contribution in [-0.2, 0) is 33.2 Å². The number of cyclic esters (lactones) is 1. The van der Waals surface area contributed by atoms with E-state index in [1.54, 1.807) is 13.0 Å². The standard InChI is InChI=1S/C36H56O14/c1-16-26(40)30(45-4)31(50-32-29(43)28(42)27(41)23(14-37)49-32)33(47-16)48-19-12-18-5-6-22-21(35(18,3)24(38)13-19)7-9-34(2)20(8-10-36(22,34)44)17-11-25(39)46-15-17/h11,16,18-24,26-33,37-38,40-44H,5-10,12-15H2,1-4H3. The Hall–Kier alpha value is -1.27. The molecule has 4 saturated carbocycles. The van der Waals surface area contributed by atoms with Gasteiger partial charge in [0.25, 0.3) is 0 Å². The molecule has 14 heteroatoms. The second-order valence-corrected chi connectivity index (χ2v) is 16.6. The van der Waals surface area contributed by atoms with Crippen molar-refractivity contribution in [2.75, 3.05) is 20.3 Å². The van der Waals surface area contributed by atoms with Gasteiger partial charge in [-0.05, 0) is 86.5 Å². The minimum absolute atomic E-state index is 0.0148. The van der Waals surface area contributed by atoms with E-state index in [0.29, 0.717) is 25.9 Å². The highest BCUT2D eigenvalue weighted by Crippen LogP contribution is 2.70. The molecule has 284 valence electrons. The van der Waals surface area contributed by atoms with Gasteiger partial charge >= 0.3 is 5.97 Å². The number of carbonyl (C=O) groups excluding carboxylic acids is 1. The van der Waals surface area contributed by atoms with Crippen molar-refractivity contribution in [1.29, 1.82) is 0 Å². The number of hydrogen-bond donors (Lipinski definition) is 7. The van der Waals surface area contributed by atoms with Gasteiger partial charge in [-0.2, -0.15) is 0 Å². The molecule has 0 spiro atoms. The van der Waals surface area contributed by atoms with Crippen LogP contribution in [0.5, 0.6) is 0 Å². The highest BCUT2D eigenvalue weighted by Gasteiger charge is 2.69. The molecule has 19 unspecified atom stereocenters. The summed E-state index contributed by atoms with van der Waals surface area (Å²) < 4.78 is 35.3. The Bertz CT molecular complexity index is 1300. The van der Waals surface area contributed by atoms with Gasteiger partial charge in [-0.1, -0.05) is 13.8 Å². The second kappa shape index (κ2) is 13.5. The number of rotatable bonds is 7. The summed E-state index contributed by atoms with van der Waals surface area (Å²) in [5, 5.41) is 76.5. The molecule has 3 heterocycles. The van der Waals surface area contributed by atoms with Crippen LogP contribution >= 0.6 is 0 Å². The van der Waals surface area contributed by atoms with Gasteiger partial charge in [0, 0.05) is 25.0 Å². The first-order valence-electron chi connectivity index (χ1n) is 18.4. The molecule has 6 fully saturated rings.